The van der Waals surface area contributed by atoms with Crippen molar-refractivity contribution in [2.24, 2.45) is 5.92 Å². The first kappa shape index (κ1) is 13.8. The number of rotatable bonds is 6. The Labute approximate surface area is 118 Å². The molecule has 3 nitrogen and oxygen atoms in total. The van der Waals surface area contributed by atoms with Gasteiger partial charge in [0.15, 0.2) is 5.75 Å². The second-order valence-corrected chi connectivity index (χ2v) is 5.07. The highest BCUT2D eigenvalue weighted by molar-refractivity contribution is 7.80. The highest BCUT2D eigenvalue weighted by atomic mass is 32.1. The molecule has 0 amide bonds. The van der Waals surface area contributed by atoms with Crippen LogP contribution in [0.5, 0.6) is 5.75 Å². The maximum absolute atomic E-state index is 9.08. The third-order valence-electron chi connectivity index (χ3n) is 3.13. The predicted octanol–water partition coefficient (Wildman–Crippen LogP) is 4.03. The summed E-state index contributed by atoms with van der Waals surface area (Å²) in [5.41, 5.74) is 0.692. The minimum atomic E-state index is 0.253. The Hall–Kier alpha value is -1.60. The molecule has 2 rings (SSSR count). The standard InChI is InChI=1S/C15H17NO2S/c1-11(7-9-19)6-8-17-15-12-4-2-3-5-13(12)18-14(15)10-16/h2-5,11,19H,6-9H2,1H3. The Kier molecular flexibility index (Phi) is 4.75. The van der Waals surface area contributed by atoms with Gasteiger partial charge in [0, 0.05) is 0 Å². The minimum Gasteiger partial charge on any atom is -0.488 e. The fourth-order valence-corrected chi connectivity index (χ4v) is 2.41. The van der Waals surface area contributed by atoms with Crippen molar-refractivity contribution >= 4 is 23.6 Å². The van der Waals surface area contributed by atoms with Crippen LogP contribution in [0.2, 0.25) is 0 Å². The van der Waals surface area contributed by atoms with E-state index in [0.717, 1.165) is 24.0 Å². The number of para-hydroxylation sites is 1. The van der Waals surface area contributed by atoms with Crippen LogP contribution in [0.1, 0.15) is 25.5 Å². The van der Waals surface area contributed by atoms with Crippen LogP contribution >= 0.6 is 12.6 Å². The molecule has 4 heteroatoms. The Bertz CT molecular complexity index is 585. The Morgan fingerprint density at radius 3 is 2.89 bits per heavy atom. The molecular formula is C15H17NO2S. The van der Waals surface area contributed by atoms with Crippen LogP contribution in [0.15, 0.2) is 28.7 Å². The van der Waals surface area contributed by atoms with Crippen molar-refractivity contribution < 1.29 is 9.15 Å². The molecule has 2 aromatic rings. The van der Waals surface area contributed by atoms with E-state index in [1.807, 2.05) is 30.3 Å². The van der Waals surface area contributed by atoms with Gasteiger partial charge in [-0.3, -0.25) is 0 Å². The molecule has 0 N–H and O–H groups in total. The number of benzene rings is 1. The molecule has 0 aliphatic carbocycles. The first-order chi connectivity index (χ1) is 9.26. The smallest absolute Gasteiger partial charge is 0.246 e. The molecule has 1 heterocycles. The van der Waals surface area contributed by atoms with Crippen LogP contribution in [0.25, 0.3) is 11.0 Å². The number of furan rings is 1. The molecule has 19 heavy (non-hydrogen) atoms. The van der Waals surface area contributed by atoms with E-state index in [1.54, 1.807) is 0 Å². The van der Waals surface area contributed by atoms with Gasteiger partial charge in [-0.1, -0.05) is 19.1 Å². The largest absolute Gasteiger partial charge is 0.488 e. The lowest BCUT2D eigenvalue weighted by atomic mass is 10.1. The highest BCUT2D eigenvalue weighted by Crippen LogP contribution is 2.32. The fraction of sp³-hybridized carbons (Fsp3) is 0.400. The van der Waals surface area contributed by atoms with Crippen molar-refractivity contribution in [3.8, 4) is 11.8 Å². The van der Waals surface area contributed by atoms with Gasteiger partial charge in [0.25, 0.3) is 0 Å². The zero-order valence-electron chi connectivity index (χ0n) is 10.9. The average molecular weight is 275 g/mol. The highest BCUT2D eigenvalue weighted by Gasteiger charge is 2.15. The molecule has 0 radical (unpaired) electrons. The van der Waals surface area contributed by atoms with Crippen molar-refractivity contribution in [1.82, 2.24) is 0 Å². The first-order valence-corrected chi connectivity index (χ1v) is 7.04. The van der Waals surface area contributed by atoms with Gasteiger partial charge in [-0.25, -0.2) is 0 Å². The first-order valence-electron chi connectivity index (χ1n) is 6.41. The third kappa shape index (κ3) is 3.24. The molecule has 0 bridgehead atoms. The topological polar surface area (TPSA) is 46.2 Å². The van der Waals surface area contributed by atoms with Crippen molar-refractivity contribution in [1.29, 1.82) is 5.26 Å². The quantitative estimate of drug-likeness (QED) is 0.810. The molecule has 1 unspecified atom stereocenters. The summed E-state index contributed by atoms with van der Waals surface area (Å²) in [7, 11) is 0. The van der Waals surface area contributed by atoms with E-state index >= 15 is 0 Å². The molecule has 0 fully saturated rings. The van der Waals surface area contributed by atoms with Crippen LogP contribution in [0.4, 0.5) is 0 Å². The molecule has 0 aliphatic rings. The predicted molar refractivity (Wildman–Crippen MR) is 78.7 cm³/mol. The lowest BCUT2D eigenvalue weighted by Crippen LogP contribution is -2.05. The second-order valence-electron chi connectivity index (χ2n) is 4.62. The molecule has 1 aromatic heterocycles. The number of nitrogens with zero attached hydrogens (tertiary/aromatic N) is 1. The van der Waals surface area contributed by atoms with Crippen molar-refractivity contribution in [3.05, 3.63) is 30.0 Å². The second kappa shape index (κ2) is 6.53. The minimum absolute atomic E-state index is 0.253. The summed E-state index contributed by atoms with van der Waals surface area (Å²) in [6.45, 7) is 2.77. The van der Waals surface area contributed by atoms with Crippen LogP contribution < -0.4 is 4.74 Å². The summed E-state index contributed by atoms with van der Waals surface area (Å²) in [5.74, 6) is 2.28. The maximum Gasteiger partial charge on any atom is 0.246 e. The van der Waals surface area contributed by atoms with Gasteiger partial charge < -0.3 is 9.15 Å². The van der Waals surface area contributed by atoms with E-state index < -0.39 is 0 Å². The van der Waals surface area contributed by atoms with E-state index in [-0.39, 0.29) is 5.76 Å². The number of hydrogen-bond donors (Lipinski definition) is 1. The van der Waals surface area contributed by atoms with E-state index in [0.29, 0.717) is 23.9 Å². The molecular weight excluding hydrogens is 258 g/mol. The number of nitriles is 1. The maximum atomic E-state index is 9.08. The van der Waals surface area contributed by atoms with Gasteiger partial charge in [-0.2, -0.15) is 17.9 Å². The van der Waals surface area contributed by atoms with Gasteiger partial charge in [-0.15, -0.1) is 0 Å². The lowest BCUT2D eigenvalue weighted by Gasteiger charge is -2.10. The zero-order valence-corrected chi connectivity index (χ0v) is 11.8. The number of hydrogen-bond acceptors (Lipinski definition) is 4. The Balaban J connectivity index is 2.09. The number of fused-ring (bicyclic) bond motifs is 1. The summed E-state index contributed by atoms with van der Waals surface area (Å²) >= 11 is 4.22. The molecule has 0 spiro atoms. The van der Waals surface area contributed by atoms with Gasteiger partial charge in [0.2, 0.25) is 5.76 Å². The van der Waals surface area contributed by atoms with Gasteiger partial charge in [0.1, 0.15) is 11.7 Å². The van der Waals surface area contributed by atoms with Gasteiger partial charge in [-0.05, 0) is 36.6 Å². The zero-order chi connectivity index (χ0) is 13.7. The van der Waals surface area contributed by atoms with E-state index in [1.165, 1.54) is 0 Å². The lowest BCUT2D eigenvalue weighted by molar-refractivity contribution is 0.280. The van der Waals surface area contributed by atoms with Gasteiger partial charge in [0.05, 0.1) is 12.0 Å². The molecule has 0 saturated carbocycles. The molecule has 0 saturated heterocycles. The summed E-state index contributed by atoms with van der Waals surface area (Å²) < 4.78 is 11.2. The summed E-state index contributed by atoms with van der Waals surface area (Å²) in [6, 6.07) is 9.59. The average Bonchev–Trinajstić information content (AvgIpc) is 2.77. The fourth-order valence-electron chi connectivity index (χ4n) is 1.97. The van der Waals surface area contributed by atoms with Crippen LogP contribution in [0.3, 0.4) is 0 Å². The monoisotopic (exact) mass is 275 g/mol. The summed E-state index contributed by atoms with van der Waals surface area (Å²) in [5, 5.41) is 9.94. The van der Waals surface area contributed by atoms with E-state index in [4.69, 9.17) is 14.4 Å². The molecule has 1 atom stereocenters. The summed E-state index contributed by atoms with van der Waals surface area (Å²) in [4.78, 5) is 0. The van der Waals surface area contributed by atoms with E-state index in [2.05, 4.69) is 19.6 Å². The van der Waals surface area contributed by atoms with Crippen LogP contribution in [0, 0.1) is 17.2 Å². The van der Waals surface area contributed by atoms with Crippen molar-refractivity contribution in [2.45, 2.75) is 19.8 Å². The van der Waals surface area contributed by atoms with Crippen LogP contribution in [-0.4, -0.2) is 12.4 Å². The summed E-state index contributed by atoms with van der Waals surface area (Å²) in [6.07, 6.45) is 2.02. The molecule has 100 valence electrons. The normalized spacial score (nSPS) is 12.3. The molecule has 0 aliphatic heterocycles. The molecule has 1 aromatic carbocycles. The van der Waals surface area contributed by atoms with Crippen LogP contribution in [-0.2, 0) is 0 Å². The van der Waals surface area contributed by atoms with Gasteiger partial charge >= 0.3 is 0 Å². The number of thiol groups is 1. The van der Waals surface area contributed by atoms with E-state index in [9.17, 15) is 0 Å². The SMILES string of the molecule is CC(CCS)CCOc1c(C#N)oc2ccccc12. The third-order valence-corrected chi connectivity index (χ3v) is 3.39. The Morgan fingerprint density at radius 2 is 2.16 bits per heavy atom. The number of ether oxygens (including phenoxy) is 1. The Morgan fingerprint density at radius 1 is 1.37 bits per heavy atom. The van der Waals surface area contributed by atoms with Crippen molar-refractivity contribution in [2.75, 3.05) is 12.4 Å². The van der Waals surface area contributed by atoms with Crippen molar-refractivity contribution in [3.63, 3.8) is 0 Å².